The standard InChI is InChI=1S/C16H28N2O3/c1-13(21-12-15-4-2-3-11-20-15)16(19)18-9-7-17(8-10-18)14-5-6-14/h13-15H,2-12H2,1H3/t13-,15+/m1/s1. The largest absolute Gasteiger partial charge is 0.376 e. The van der Waals surface area contributed by atoms with Gasteiger partial charge in [-0.3, -0.25) is 9.69 Å². The van der Waals surface area contributed by atoms with E-state index >= 15 is 0 Å². The Morgan fingerprint density at radius 3 is 2.57 bits per heavy atom. The zero-order chi connectivity index (χ0) is 14.7. The van der Waals surface area contributed by atoms with Crippen LogP contribution in [0.3, 0.4) is 0 Å². The molecule has 0 aromatic heterocycles. The predicted molar refractivity (Wildman–Crippen MR) is 80.2 cm³/mol. The maximum Gasteiger partial charge on any atom is 0.251 e. The van der Waals surface area contributed by atoms with E-state index in [1.54, 1.807) is 0 Å². The van der Waals surface area contributed by atoms with E-state index < -0.39 is 0 Å². The molecule has 2 aliphatic heterocycles. The Labute approximate surface area is 127 Å². The van der Waals surface area contributed by atoms with Gasteiger partial charge in [-0.15, -0.1) is 0 Å². The first kappa shape index (κ1) is 15.3. The highest BCUT2D eigenvalue weighted by Gasteiger charge is 2.33. The Hall–Kier alpha value is -0.650. The lowest BCUT2D eigenvalue weighted by molar-refractivity contribution is -0.147. The summed E-state index contributed by atoms with van der Waals surface area (Å²) in [6.07, 6.45) is 5.93. The monoisotopic (exact) mass is 296 g/mol. The van der Waals surface area contributed by atoms with Crippen molar-refractivity contribution < 1.29 is 14.3 Å². The summed E-state index contributed by atoms with van der Waals surface area (Å²) in [6.45, 7) is 7.00. The summed E-state index contributed by atoms with van der Waals surface area (Å²) in [6, 6.07) is 0.805. The van der Waals surface area contributed by atoms with E-state index in [0.29, 0.717) is 6.61 Å². The van der Waals surface area contributed by atoms with Crippen molar-refractivity contribution in [2.45, 2.75) is 57.3 Å². The van der Waals surface area contributed by atoms with Crippen molar-refractivity contribution in [2.75, 3.05) is 39.4 Å². The van der Waals surface area contributed by atoms with E-state index in [1.165, 1.54) is 19.3 Å². The Morgan fingerprint density at radius 1 is 1.19 bits per heavy atom. The minimum atomic E-state index is -0.344. The molecule has 2 atom stereocenters. The molecule has 0 radical (unpaired) electrons. The highest BCUT2D eigenvalue weighted by molar-refractivity contribution is 5.80. The van der Waals surface area contributed by atoms with Crippen molar-refractivity contribution in [1.29, 1.82) is 0 Å². The number of hydrogen-bond donors (Lipinski definition) is 0. The lowest BCUT2D eigenvalue weighted by Crippen LogP contribution is -2.52. The fourth-order valence-corrected chi connectivity index (χ4v) is 3.27. The van der Waals surface area contributed by atoms with Crippen LogP contribution in [-0.4, -0.2) is 73.3 Å². The SMILES string of the molecule is C[C@@H](OC[C@@H]1CCCCO1)C(=O)N1CCN(C2CC2)CC1. The molecule has 120 valence electrons. The number of rotatable bonds is 5. The summed E-state index contributed by atoms with van der Waals surface area (Å²) in [4.78, 5) is 16.9. The maximum absolute atomic E-state index is 12.4. The molecule has 1 saturated carbocycles. The lowest BCUT2D eigenvalue weighted by Gasteiger charge is -2.36. The summed E-state index contributed by atoms with van der Waals surface area (Å²) in [7, 11) is 0. The van der Waals surface area contributed by atoms with Crippen molar-refractivity contribution in [1.82, 2.24) is 9.80 Å². The first-order valence-electron chi connectivity index (χ1n) is 8.50. The van der Waals surface area contributed by atoms with E-state index in [1.807, 2.05) is 11.8 Å². The highest BCUT2D eigenvalue weighted by atomic mass is 16.5. The predicted octanol–water partition coefficient (Wildman–Crippen LogP) is 1.27. The van der Waals surface area contributed by atoms with Crippen LogP contribution in [0.2, 0.25) is 0 Å². The van der Waals surface area contributed by atoms with Crippen LogP contribution < -0.4 is 0 Å². The Bertz CT molecular complexity index is 345. The van der Waals surface area contributed by atoms with Gasteiger partial charge in [0.25, 0.3) is 5.91 Å². The summed E-state index contributed by atoms with van der Waals surface area (Å²) < 4.78 is 11.4. The van der Waals surface area contributed by atoms with Gasteiger partial charge >= 0.3 is 0 Å². The summed E-state index contributed by atoms with van der Waals surface area (Å²) in [5.41, 5.74) is 0. The Morgan fingerprint density at radius 2 is 1.95 bits per heavy atom. The smallest absolute Gasteiger partial charge is 0.251 e. The molecule has 1 aliphatic carbocycles. The third kappa shape index (κ3) is 4.18. The summed E-state index contributed by atoms with van der Waals surface area (Å²) in [5.74, 6) is 0.140. The minimum absolute atomic E-state index is 0.140. The second kappa shape index (κ2) is 7.07. The number of nitrogens with zero attached hydrogens (tertiary/aromatic N) is 2. The molecule has 0 N–H and O–H groups in total. The molecule has 0 spiro atoms. The van der Waals surface area contributed by atoms with Crippen LogP contribution in [0, 0.1) is 0 Å². The van der Waals surface area contributed by atoms with E-state index in [9.17, 15) is 4.79 Å². The van der Waals surface area contributed by atoms with Gasteiger partial charge in [0.05, 0.1) is 12.7 Å². The third-order valence-electron chi connectivity index (χ3n) is 4.84. The quantitative estimate of drug-likeness (QED) is 0.766. The molecule has 0 aromatic carbocycles. The van der Waals surface area contributed by atoms with E-state index in [-0.39, 0.29) is 18.1 Å². The van der Waals surface area contributed by atoms with Gasteiger partial charge in [0.2, 0.25) is 0 Å². The molecule has 2 heterocycles. The van der Waals surface area contributed by atoms with Gasteiger partial charge in [-0.1, -0.05) is 0 Å². The molecule has 5 nitrogen and oxygen atoms in total. The Balaban J connectivity index is 1.37. The molecular weight excluding hydrogens is 268 g/mol. The van der Waals surface area contributed by atoms with E-state index in [4.69, 9.17) is 9.47 Å². The van der Waals surface area contributed by atoms with Crippen molar-refractivity contribution in [3.63, 3.8) is 0 Å². The normalized spacial score (nSPS) is 29.4. The zero-order valence-electron chi connectivity index (χ0n) is 13.1. The van der Waals surface area contributed by atoms with Crippen molar-refractivity contribution in [3.05, 3.63) is 0 Å². The van der Waals surface area contributed by atoms with Crippen LogP contribution in [0.1, 0.15) is 39.0 Å². The van der Waals surface area contributed by atoms with Gasteiger partial charge in [0.1, 0.15) is 6.10 Å². The van der Waals surface area contributed by atoms with Crippen LogP contribution in [0.4, 0.5) is 0 Å². The first-order valence-corrected chi connectivity index (χ1v) is 8.50. The fraction of sp³-hybridized carbons (Fsp3) is 0.938. The maximum atomic E-state index is 12.4. The number of ether oxygens (including phenoxy) is 2. The van der Waals surface area contributed by atoms with Gasteiger partial charge in [-0.05, 0) is 39.0 Å². The topological polar surface area (TPSA) is 42.0 Å². The first-order chi connectivity index (χ1) is 10.2. The molecule has 3 rings (SSSR count). The third-order valence-corrected chi connectivity index (χ3v) is 4.84. The zero-order valence-corrected chi connectivity index (χ0v) is 13.1. The molecule has 0 bridgehead atoms. The van der Waals surface area contributed by atoms with Crippen LogP contribution in [0.25, 0.3) is 0 Å². The van der Waals surface area contributed by atoms with Crippen LogP contribution in [0.15, 0.2) is 0 Å². The van der Waals surface area contributed by atoms with Crippen LogP contribution >= 0.6 is 0 Å². The van der Waals surface area contributed by atoms with Crippen LogP contribution in [0.5, 0.6) is 0 Å². The van der Waals surface area contributed by atoms with Gasteiger partial charge < -0.3 is 14.4 Å². The molecule has 1 amide bonds. The van der Waals surface area contributed by atoms with Gasteiger partial charge in [0.15, 0.2) is 0 Å². The fourth-order valence-electron chi connectivity index (χ4n) is 3.27. The van der Waals surface area contributed by atoms with E-state index in [2.05, 4.69) is 4.90 Å². The Kier molecular flexibility index (Phi) is 5.14. The van der Waals surface area contributed by atoms with Crippen LogP contribution in [-0.2, 0) is 14.3 Å². The molecular formula is C16H28N2O3. The second-order valence-corrected chi connectivity index (χ2v) is 6.56. The van der Waals surface area contributed by atoms with Gasteiger partial charge in [0, 0.05) is 38.8 Å². The minimum Gasteiger partial charge on any atom is -0.376 e. The molecule has 2 saturated heterocycles. The van der Waals surface area contributed by atoms with Crippen molar-refractivity contribution in [2.24, 2.45) is 0 Å². The number of hydrogen-bond acceptors (Lipinski definition) is 4. The number of carbonyl (C=O) groups is 1. The van der Waals surface area contributed by atoms with Gasteiger partial charge in [-0.25, -0.2) is 0 Å². The molecule has 3 aliphatic rings. The average Bonchev–Trinajstić information content (AvgIpc) is 3.38. The molecule has 0 unspecified atom stereocenters. The molecule has 3 fully saturated rings. The molecule has 5 heteroatoms. The van der Waals surface area contributed by atoms with Gasteiger partial charge in [-0.2, -0.15) is 0 Å². The number of amides is 1. The average molecular weight is 296 g/mol. The molecule has 0 aromatic rings. The highest BCUT2D eigenvalue weighted by Crippen LogP contribution is 2.27. The summed E-state index contributed by atoms with van der Waals surface area (Å²) in [5, 5.41) is 0. The van der Waals surface area contributed by atoms with Crippen molar-refractivity contribution >= 4 is 5.91 Å². The number of piperazine rings is 1. The second-order valence-electron chi connectivity index (χ2n) is 6.56. The molecule has 21 heavy (non-hydrogen) atoms. The number of carbonyl (C=O) groups excluding carboxylic acids is 1. The van der Waals surface area contributed by atoms with E-state index in [0.717, 1.165) is 51.7 Å². The van der Waals surface area contributed by atoms with Crippen molar-refractivity contribution in [3.8, 4) is 0 Å². The lowest BCUT2D eigenvalue weighted by atomic mass is 10.1. The summed E-state index contributed by atoms with van der Waals surface area (Å²) >= 11 is 0.